The molecule has 0 saturated heterocycles. The monoisotopic (exact) mass is 187 g/mol. The van der Waals surface area contributed by atoms with Crippen LogP contribution >= 0.6 is 0 Å². The number of hydrogen-bond acceptors (Lipinski definition) is 4. The van der Waals surface area contributed by atoms with Crippen molar-refractivity contribution in [3.8, 4) is 0 Å². The van der Waals surface area contributed by atoms with Crippen molar-refractivity contribution in [1.82, 2.24) is 0 Å². The number of hydrogen-bond donors (Lipinski definition) is 1. The molecular weight excluding hydrogens is 170 g/mol. The quantitative estimate of drug-likeness (QED) is 0.369. The van der Waals surface area contributed by atoms with Crippen LogP contribution in [0.15, 0.2) is 5.16 Å². The van der Waals surface area contributed by atoms with Gasteiger partial charge in [0.15, 0.2) is 5.78 Å². The Kier molecular flexibility index (Phi) is 7.20. The summed E-state index contributed by atoms with van der Waals surface area (Å²) in [5.41, 5.74) is 0.454. The van der Waals surface area contributed by atoms with E-state index in [9.17, 15) is 4.79 Å². The maximum Gasteiger partial charge on any atom is 0.177 e. The molecule has 0 unspecified atom stereocenters. The largest absolute Gasteiger partial charge is 0.393 e. The second-order valence-corrected chi connectivity index (χ2v) is 2.75. The minimum absolute atomic E-state index is 0.0635. The van der Waals surface area contributed by atoms with Gasteiger partial charge < -0.3 is 9.94 Å². The lowest BCUT2D eigenvalue weighted by Crippen LogP contribution is -2.11. The first kappa shape index (κ1) is 12.1. The smallest absolute Gasteiger partial charge is 0.177 e. The van der Waals surface area contributed by atoms with Crippen LogP contribution in [0.5, 0.6) is 0 Å². The number of aliphatic hydroxyl groups is 1. The highest BCUT2D eigenvalue weighted by Crippen LogP contribution is 1.99. The molecular formula is C9H17NO3. The summed E-state index contributed by atoms with van der Waals surface area (Å²) in [5.74, 6) is -0.0635. The van der Waals surface area contributed by atoms with Gasteiger partial charge in [-0.05, 0) is 12.8 Å². The molecule has 0 aliphatic carbocycles. The van der Waals surface area contributed by atoms with Gasteiger partial charge >= 0.3 is 0 Å². The van der Waals surface area contributed by atoms with E-state index in [-0.39, 0.29) is 19.0 Å². The van der Waals surface area contributed by atoms with Gasteiger partial charge in [0.25, 0.3) is 0 Å². The summed E-state index contributed by atoms with van der Waals surface area (Å²) in [7, 11) is 0. The molecule has 4 heteroatoms. The third-order valence-corrected chi connectivity index (χ3v) is 1.53. The molecule has 1 N–H and O–H groups in total. The zero-order chi connectivity index (χ0) is 10.1. The molecule has 4 nitrogen and oxygen atoms in total. The van der Waals surface area contributed by atoms with Crippen LogP contribution in [-0.2, 0) is 9.63 Å². The van der Waals surface area contributed by atoms with Crippen LogP contribution < -0.4 is 0 Å². The molecule has 0 amide bonds. The van der Waals surface area contributed by atoms with Crippen LogP contribution in [0, 0.1) is 0 Å². The fourth-order valence-corrected chi connectivity index (χ4v) is 0.795. The molecule has 0 aliphatic rings. The van der Waals surface area contributed by atoms with Gasteiger partial charge in [-0.1, -0.05) is 18.5 Å². The Morgan fingerprint density at radius 3 is 2.69 bits per heavy atom. The minimum Gasteiger partial charge on any atom is -0.393 e. The number of nitrogens with zero attached hydrogens (tertiary/aromatic N) is 1. The molecule has 76 valence electrons. The molecule has 0 radical (unpaired) electrons. The van der Waals surface area contributed by atoms with E-state index in [1.807, 2.05) is 6.92 Å². The fourth-order valence-electron chi connectivity index (χ4n) is 0.795. The van der Waals surface area contributed by atoms with Gasteiger partial charge in [0, 0.05) is 6.92 Å². The highest BCUT2D eigenvalue weighted by molar-refractivity contribution is 6.38. The van der Waals surface area contributed by atoms with Gasteiger partial charge in [0.2, 0.25) is 0 Å². The van der Waals surface area contributed by atoms with Crippen LogP contribution in [0.2, 0.25) is 0 Å². The van der Waals surface area contributed by atoms with E-state index in [1.165, 1.54) is 6.92 Å². The topological polar surface area (TPSA) is 58.9 Å². The van der Waals surface area contributed by atoms with Crippen LogP contribution in [0.4, 0.5) is 0 Å². The van der Waals surface area contributed by atoms with E-state index >= 15 is 0 Å². The van der Waals surface area contributed by atoms with Crippen LogP contribution in [-0.4, -0.2) is 29.8 Å². The summed E-state index contributed by atoms with van der Waals surface area (Å²) < 4.78 is 0. The Hall–Kier alpha value is -0.900. The second kappa shape index (κ2) is 7.73. The predicted molar refractivity (Wildman–Crippen MR) is 50.7 cm³/mol. The summed E-state index contributed by atoms with van der Waals surface area (Å²) in [6.45, 7) is 3.58. The van der Waals surface area contributed by atoms with Gasteiger partial charge in [-0.2, -0.15) is 0 Å². The third kappa shape index (κ3) is 6.28. The number of rotatable bonds is 7. The van der Waals surface area contributed by atoms with Crippen LogP contribution in [0.3, 0.4) is 0 Å². The number of Topliss-reactive ketones (excluding diaryl/α,β-unsaturated/α-hetero) is 1. The number of carbonyl (C=O) groups excluding carboxylic acids is 1. The average Bonchev–Trinajstić information content (AvgIpc) is 2.10. The van der Waals surface area contributed by atoms with E-state index < -0.39 is 0 Å². The molecule has 0 aliphatic heterocycles. The second-order valence-electron chi connectivity index (χ2n) is 2.75. The Bertz CT molecular complexity index is 178. The Balaban J connectivity index is 3.92. The van der Waals surface area contributed by atoms with E-state index in [4.69, 9.17) is 9.94 Å². The zero-order valence-corrected chi connectivity index (χ0v) is 8.25. The summed E-state index contributed by atoms with van der Waals surface area (Å²) >= 11 is 0. The van der Waals surface area contributed by atoms with Crippen molar-refractivity contribution in [3.63, 3.8) is 0 Å². The summed E-state index contributed by atoms with van der Waals surface area (Å²) in [4.78, 5) is 15.7. The summed E-state index contributed by atoms with van der Waals surface area (Å²) in [6, 6.07) is 0. The molecule has 0 aromatic heterocycles. The highest BCUT2D eigenvalue weighted by atomic mass is 16.6. The first-order chi connectivity index (χ1) is 6.22. The van der Waals surface area contributed by atoms with E-state index in [1.54, 1.807) is 0 Å². The van der Waals surface area contributed by atoms with Crippen molar-refractivity contribution in [2.75, 3.05) is 13.2 Å². The average molecular weight is 187 g/mol. The van der Waals surface area contributed by atoms with Gasteiger partial charge in [0.05, 0.1) is 6.61 Å². The molecule has 0 rings (SSSR count). The van der Waals surface area contributed by atoms with E-state index in [0.29, 0.717) is 12.1 Å². The van der Waals surface area contributed by atoms with E-state index in [2.05, 4.69) is 5.16 Å². The number of carbonyl (C=O) groups is 1. The third-order valence-electron chi connectivity index (χ3n) is 1.53. The molecule has 0 atom stereocenters. The first-order valence-corrected chi connectivity index (χ1v) is 4.53. The summed E-state index contributed by atoms with van der Waals surface area (Å²) in [5, 5.41) is 12.1. The first-order valence-electron chi connectivity index (χ1n) is 4.53. The van der Waals surface area contributed by atoms with Gasteiger partial charge in [-0.3, -0.25) is 4.79 Å². The molecule has 0 heterocycles. The normalized spacial score (nSPS) is 11.5. The van der Waals surface area contributed by atoms with Crippen molar-refractivity contribution >= 4 is 11.5 Å². The van der Waals surface area contributed by atoms with Gasteiger partial charge in [-0.15, -0.1) is 0 Å². The van der Waals surface area contributed by atoms with Crippen LogP contribution in [0.1, 0.15) is 33.1 Å². The maximum atomic E-state index is 11.0. The predicted octanol–water partition coefficient (Wildman–Crippen LogP) is 1.13. The number of unbranched alkanes of at least 4 members (excludes halogenated alkanes) is 1. The van der Waals surface area contributed by atoms with Gasteiger partial charge in [-0.25, -0.2) is 0 Å². The number of aliphatic hydroxyl groups excluding tert-OH is 1. The van der Waals surface area contributed by atoms with Crippen molar-refractivity contribution in [2.24, 2.45) is 5.16 Å². The zero-order valence-electron chi connectivity index (χ0n) is 8.25. The minimum atomic E-state index is -0.0809. The SMILES string of the molecule is CCCCC(=NOCCO)C(C)=O. The molecule has 0 fully saturated rings. The summed E-state index contributed by atoms with van der Waals surface area (Å²) in [6.07, 6.45) is 2.60. The Labute approximate surface area is 78.6 Å². The fraction of sp³-hybridized carbons (Fsp3) is 0.778. The molecule has 0 bridgehead atoms. The lowest BCUT2D eigenvalue weighted by Gasteiger charge is -2.01. The Morgan fingerprint density at radius 2 is 2.23 bits per heavy atom. The molecule has 0 spiro atoms. The van der Waals surface area contributed by atoms with Crippen molar-refractivity contribution in [1.29, 1.82) is 0 Å². The van der Waals surface area contributed by atoms with Crippen molar-refractivity contribution in [2.45, 2.75) is 33.1 Å². The lowest BCUT2D eigenvalue weighted by atomic mass is 10.1. The van der Waals surface area contributed by atoms with Crippen molar-refractivity contribution < 1.29 is 14.7 Å². The molecule has 0 saturated carbocycles. The van der Waals surface area contributed by atoms with E-state index in [0.717, 1.165) is 12.8 Å². The standard InChI is InChI=1S/C9H17NO3/c1-3-4-5-9(8(2)12)10-13-7-6-11/h11H,3-7H2,1-2H3. The van der Waals surface area contributed by atoms with Crippen molar-refractivity contribution in [3.05, 3.63) is 0 Å². The lowest BCUT2D eigenvalue weighted by molar-refractivity contribution is -0.111. The number of ketones is 1. The highest BCUT2D eigenvalue weighted by Gasteiger charge is 2.05. The maximum absolute atomic E-state index is 11.0. The molecule has 0 aromatic carbocycles. The van der Waals surface area contributed by atoms with Gasteiger partial charge in [0.1, 0.15) is 12.3 Å². The number of oxime groups is 1. The Morgan fingerprint density at radius 1 is 1.54 bits per heavy atom. The molecule has 13 heavy (non-hydrogen) atoms. The molecule has 0 aromatic rings. The van der Waals surface area contributed by atoms with Crippen LogP contribution in [0.25, 0.3) is 0 Å².